The molecule has 0 spiro atoms. The maximum atomic E-state index is 5.62. The van der Waals surface area contributed by atoms with E-state index in [4.69, 9.17) is 10.6 Å². The summed E-state index contributed by atoms with van der Waals surface area (Å²) in [7, 11) is 1.70. The highest BCUT2D eigenvalue weighted by Crippen LogP contribution is 2.35. The third kappa shape index (κ3) is 3.77. The van der Waals surface area contributed by atoms with Gasteiger partial charge in [0.1, 0.15) is 5.75 Å². The SMILES string of the molecule is COc1ccsc1C(CCC(C)(C)C)NN. The minimum absolute atomic E-state index is 0.189. The molecule has 0 radical (unpaired) electrons. The summed E-state index contributed by atoms with van der Waals surface area (Å²) < 4.78 is 5.31. The van der Waals surface area contributed by atoms with E-state index in [-0.39, 0.29) is 6.04 Å². The average molecular weight is 242 g/mol. The molecular formula is C12H22N2OS. The number of nitrogens with one attached hydrogen (secondary N) is 1. The van der Waals surface area contributed by atoms with Gasteiger partial charge in [0.2, 0.25) is 0 Å². The predicted octanol–water partition coefficient (Wildman–Crippen LogP) is 3.09. The van der Waals surface area contributed by atoms with Gasteiger partial charge in [-0.25, -0.2) is 0 Å². The first-order chi connectivity index (χ1) is 7.48. The molecule has 1 heterocycles. The van der Waals surface area contributed by atoms with E-state index in [1.165, 1.54) is 4.88 Å². The maximum absolute atomic E-state index is 5.62. The molecule has 0 aliphatic carbocycles. The Morgan fingerprint density at radius 2 is 2.19 bits per heavy atom. The number of ether oxygens (including phenoxy) is 1. The number of nitrogens with two attached hydrogens (primary N) is 1. The molecule has 0 saturated heterocycles. The van der Waals surface area contributed by atoms with Gasteiger partial charge in [-0.3, -0.25) is 11.3 Å². The van der Waals surface area contributed by atoms with Crippen LogP contribution in [-0.4, -0.2) is 7.11 Å². The van der Waals surface area contributed by atoms with Gasteiger partial charge in [-0.15, -0.1) is 11.3 Å². The Morgan fingerprint density at radius 1 is 1.50 bits per heavy atom. The van der Waals surface area contributed by atoms with Crippen molar-refractivity contribution in [2.75, 3.05) is 7.11 Å². The molecule has 1 atom stereocenters. The van der Waals surface area contributed by atoms with E-state index in [0.29, 0.717) is 5.41 Å². The molecule has 0 saturated carbocycles. The minimum atomic E-state index is 0.189. The molecule has 16 heavy (non-hydrogen) atoms. The molecule has 3 N–H and O–H groups in total. The van der Waals surface area contributed by atoms with Crippen LogP contribution < -0.4 is 16.0 Å². The number of hydrogen-bond donors (Lipinski definition) is 2. The first kappa shape index (κ1) is 13.5. The molecule has 1 aromatic rings. The molecule has 4 heteroatoms. The van der Waals surface area contributed by atoms with E-state index in [1.807, 2.05) is 11.4 Å². The molecule has 0 amide bonds. The van der Waals surface area contributed by atoms with Crippen LogP contribution in [-0.2, 0) is 0 Å². The van der Waals surface area contributed by atoms with Gasteiger partial charge in [0, 0.05) is 0 Å². The number of hydrazine groups is 1. The van der Waals surface area contributed by atoms with Crippen molar-refractivity contribution in [3.05, 3.63) is 16.3 Å². The molecule has 0 aliphatic heterocycles. The summed E-state index contributed by atoms with van der Waals surface area (Å²) in [5, 5.41) is 2.04. The second kappa shape index (κ2) is 5.66. The topological polar surface area (TPSA) is 47.3 Å². The van der Waals surface area contributed by atoms with Crippen LogP contribution in [0.4, 0.5) is 0 Å². The summed E-state index contributed by atoms with van der Waals surface area (Å²) in [6, 6.07) is 2.18. The van der Waals surface area contributed by atoms with Crippen molar-refractivity contribution in [1.82, 2.24) is 5.43 Å². The Balaban J connectivity index is 2.67. The van der Waals surface area contributed by atoms with Crippen LogP contribution in [0.2, 0.25) is 0 Å². The Kier molecular flexibility index (Phi) is 4.77. The molecule has 0 fully saturated rings. The number of methoxy groups -OCH3 is 1. The van der Waals surface area contributed by atoms with Crippen molar-refractivity contribution in [3.63, 3.8) is 0 Å². The Bertz CT molecular complexity index is 317. The predicted molar refractivity (Wildman–Crippen MR) is 69.6 cm³/mol. The molecule has 3 nitrogen and oxygen atoms in total. The van der Waals surface area contributed by atoms with Crippen molar-refractivity contribution < 1.29 is 4.74 Å². The fourth-order valence-corrected chi connectivity index (χ4v) is 2.56. The average Bonchev–Trinajstić information content (AvgIpc) is 2.65. The minimum Gasteiger partial charge on any atom is -0.496 e. The Labute approximate surface area is 102 Å². The zero-order chi connectivity index (χ0) is 12.2. The van der Waals surface area contributed by atoms with Gasteiger partial charge in [0.05, 0.1) is 18.0 Å². The van der Waals surface area contributed by atoms with Gasteiger partial charge < -0.3 is 4.74 Å². The fraction of sp³-hybridized carbons (Fsp3) is 0.667. The molecular weight excluding hydrogens is 220 g/mol. The standard InChI is InChI=1S/C12H22N2OS/c1-12(2,3)7-5-9(14-13)11-10(15-4)6-8-16-11/h6,8-9,14H,5,7,13H2,1-4H3. The third-order valence-corrected chi connectivity index (χ3v) is 3.59. The number of rotatable bonds is 5. The maximum Gasteiger partial charge on any atom is 0.134 e. The highest BCUT2D eigenvalue weighted by Gasteiger charge is 2.19. The molecule has 0 aliphatic rings. The number of hydrogen-bond acceptors (Lipinski definition) is 4. The van der Waals surface area contributed by atoms with Crippen LogP contribution >= 0.6 is 11.3 Å². The van der Waals surface area contributed by atoms with Crippen LogP contribution in [0, 0.1) is 5.41 Å². The van der Waals surface area contributed by atoms with Gasteiger partial charge in [0.15, 0.2) is 0 Å². The summed E-state index contributed by atoms with van der Waals surface area (Å²) in [6.45, 7) is 6.73. The lowest BCUT2D eigenvalue weighted by Crippen LogP contribution is -2.28. The van der Waals surface area contributed by atoms with Crippen molar-refractivity contribution in [2.24, 2.45) is 11.3 Å². The largest absolute Gasteiger partial charge is 0.496 e. The van der Waals surface area contributed by atoms with Crippen molar-refractivity contribution in [1.29, 1.82) is 0 Å². The normalized spacial score (nSPS) is 13.8. The lowest BCUT2D eigenvalue weighted by atomic mass is 9.88. The third-order valence-electron chi connectivity index (χ3n) is 2.58. The summed E-state index contributed by atoms with van der Waals surface area (Å²) in [5.41, 5.74) is 3.22. The van der Waals surface area contributed by atoms with Crippen LogP contribution in [0.1, 0.15) is 44.5 Å². The van der Waals surface area contributed by atoms with Gasteiger partial charge in [-0.05, 0) is 29.7 Å². The van der Waals surface area contributed by atoms with Crippen LogP contribution in [0.15, 0.2) is 11.4 Å². The molecule has 1 aromatic heterocycles. The second-order valence-electron chi connectivity index (χ2n) is 5.17. The Hall–Kier alpha value is -0.580. The van der Waals surface area contributed by atoms with Gasteiger partial charge in [-0.1, -0.05) is 20.8 Å². The van der Waals surface area contributed by atoms with E-state index in [1.54, 1.807) is 18.4 Å². The highest BCUT2D eigenvalue weighted by atomic mass is 32.1. The van der Waals surface area contributed by atoms with Crippen molar-refractivity contribution >= 4 is 11.3 Å². The fourth-order valence-electron chi connectivity index (χ4n) is 1.60. The Morgan fingerprint density at radius 3 is 2.69 bits per heavy atom. The first-order valence-corrected chi connectivity index (χ1v) is 6.43. The van der Waals surface area contributed by atoms with Gasteiger partial charge in [-0.2, -0.15) is 0 Å². The second-order valence-corrected chi connectivity index (χ2v) is 6.12. The monoisotopic (exact) mass is 242 g/mol. The van der Waals surface area contributed by atoms with Gasteiger partial charge in [0.25, 0.3) is 0 Å². The smallest absolute Gasteiger partial charge is 0.134 e. The molecule has 1 rings (SSSR count). The van der Waals surface area contributed by atoms with Crippen molar-refractivity contribution in [3.8, 4) is 5.75 Å². The zero-order valence-electron chi connectivity index (χ0n) is 10.5. The van der Waals surface area contributed by atoms with Crippen molar-refractivity contribution in [2.45, 2.75) is 39.7 Å². The van der Waals surface area contributed by atoms with E-state index < -0.39 is 0 Å². The first-order valence-electron chi connectivity index (χ1n) is 5.55. The van der Waals surface area contributed by atoms with Crippen LogP contribution in [0.25, 0.3) is 0 Å². The van der Waals surface area contributed by atoms with E-state index >= 15 is 0 Å². The molecule has 92 valence electrons. The summed E-state index contributed by atoms with van der Waals surface area (Å²) in [5.74, 6) is 6.55. The van der Waals surface area contributed by atoms with Crippen LogP contribution in [0.5, 0.6) is 5.75 Å². The quantitative estimate of drug-likeness (QED) is 0.616. The summed E-state index contributed by atoms with van der Waals surface area (Å²) in [4.78, 5) is 1.19. The summed E-state index contributed by atoms with van der Waals surface area (Å²) >= 11 is 1.69. The highest BCUT2D eigenvalue weighted by molar-refractivity contribution is 7.10. The van der Waals surface area contributed by atoms with Crippen LogP contribution in [0.3, 0.4) is 0 Å². The van der Waals surface area contributed by atoms with Gasteiger partial charge >= 0.3 is 0 Å². The van der Waals surface area contributed by atoms with E-state index in [2.05, 4.69) is 26.2 Å². The molecule has 1 unspecified atom stereocenters. The lowest BCUT2D eigenvalue weighted by Gasteiger charge is -2.22. The number of thiophene rings is 1. The van der Waals surface area contributed by atoms with E-state index in [0.717, 1.165) is 18.6 Å². The zero-order valence-corrected chi connectivity index (χ0v) is 11.4. The van der Waals surface area contributed by atoms with E-state index in [9.17, 15) is 0 Å². The lowest BCUT2D eigenvalue weighted by molar-refractivity contribution is 0.330. The molecule has 0 bridgehead atoms. The summed E-state index contributed by atoms with van der Waals surface area (Å²) in [6.07, 6.45) is 2.15. The molecule has 0 aromatic carbocycles.